The Bertz CT molecular complexity index is 1140. The third kappa shape index (κ3) is 4.55. The number of aromatic nitrogens is 2. The van der Waals surface area contributed by atoms with Gasteiger partial charge in [0.15, 0.2) is 0 Å². The summed E-state index contributed by atoms with van der Waals surface area (Å²) in [6, 6.07) is 8.95. The lowest BCUT2D eigenvalue weighted by Crippen LogP contribution is -2.25. The number of halogens is 5. The van der Waals surface area contributed by atoms with Gasteiger partial charge < -0.3 is 4.74 Å². The molecule has 1 heterocycles. The first kappa shape index (κ1) is 22.0. The molecule has 0 spiro atoms. The minimum absolute atomic E-state index is 0.00569. The van der Waals surface area contributed by atoms with Gasteiger partial charge in [-0.1, -0.05) is 35.3 Å². The van der Waals surface area contributed by atoms with E-state index in [0.29, 0.717) is 10.6 Å². The third-order valence-corrected chi connectivity index (χ3v) is 4.75. The molecule has 3 aromatic rings. The molecule has 158 valence electrons. The van der Waals surface area contributed by atoms with Crippen LogP contribution in [0.1, 0.15) is 28.4 Å². The van der Waals surface area contributed by atoms with E-state index in [2.05, 4.69) is 0 Å². The molecule has 0 N–H and O–H groups in total. The predicted molar refractivity (Wildman–Crippen MR) is 107 cm³/mol. The first-order chi connectivity index (χ1) is 14.1. The highest BCUT2D eigenvalue weighted by Crippen LogP contribution is 2.29. The van der Waals surface area contributed by atoms with Gasteiger partial charge in [-0.2, -0.15) is 13.2 Å². The van der Waals surface area contributed by atoms with Crippen molar-refractivity contribution in [3.8, 4) is 5.69 Å². The second kappa shape index (κ2) is 8.57. The van der Waals surface area contributed by atoms with Crippen LogP contribution in [-0.2, 0) is 17.5 Å². The number of esters is 1. The Morgan fingerprint density at radius 2 is 1.77 bits per heavy atom. The molecule has 0 unspecified atom stereocenters. The summed E-state index contributed by atoms with van der Waals surface area (Å²) in [4.78, 5) is 25.1. The van der Waals surface area contributed by atoms with Crippen LogP contribution in [0.2, 0.25) is 10.0 Å². The first-order valence-corrected chi connectivity index (χ1v) is 9.48. The number of nitrogens with zero attached hydrogens (tertiary/aromatic N) is 2. The highest BCUT2D eigenvalue weighted by molar-refractivity contribution is 6.35. The molecular formula is C20H15Cl2F3N2O3. The number of carbonyl (C=O) groups excluding carboxylic acids is 1. The molecule has 0 amide bonds. The monoisotopic (exact) mass is 458 g/mol. The highest BCUT2D eigenvalue weighted by atomic mass is 35.5. The predicted octanol–water partition coefficient (Wildman–Crippen LogP) is 5.19. The fourth-order valence-electron chi connectivity index (χ4n) is 2.84. The lowest BCUT2D eigenvalue weighted by molar-refractivity contribution is -0.137. The first-order valence-electron chi connectivity index (χ1n) is 8.73. The van der Waals surface area contributed by atoms with Crippen molar-refractivity contribution < 1.29 is 22.7 Å². The molecule has 0 atom stereocenters. The number of benzene rings is 2. The van der Waals surface area contributed by atoms with E-state index in [9.17, 15) is 22.8 Å². The number of hydrogen-bond donors (Lipinski definition) is 0. The van der Waals surface area contributed by atoms with Crippen LogP contribution >= 0.6 is 23.2 Å². The van der Waals surface area contributed by atoms with Gasteiger partial charge >= 0.3 is 12.1 Å². The van der Waals surface area contributed by atoms with Gasteiger partial charge in [-0.3, -0.25) is 9.48 Å². The van der Waals surface area contributed by atoms with Crippen molar-refractivity contribution in [2.75, 3.05) is 6.61 Å². The van der Waals surface area contributed by atoms with E-state index in [4.69, 9.17) is 27.9 Å². The second-order valence-electron chi connectivity index (χ2n) is 6.27. The molecule has 0 aliphatic heterocycles. The molecule has 0 fully saturated rings. The number of alkyl halides is 3. The number of carbonyl (C=O) groups is 1. The van der Waals surface area contributed by atoms with Crippen LogP contribution in [0.4, 0.5) is 13.2 Å². The minimum Gasteiger partial charge on any atom is -0.462 e. The molecule has 0 radical (unpaired) electrons. The van der Waals surface area contributed by atoms with Crippen LogP contribution < -0.4 is 5.56 Å². The second-order valence-corrected chi connectivity index (χ2v) is 7.11. The largest absolute Gasteiger partial charge is 0.462 e. The molecule has 2 aromatic carbocycles. The van der Waals surface area contributed by atoms with E-state index in [1.165, 1.54) is 41.2 Å². The van der Waals surface area contributed by atoms with Gasteiger partial charge in [0.25, 0.3) is 5.56 Å². The van der Waals surface area contributed by atoms with Crippen LogP contribution in [-0.4, -0.2) is 21.9 Å². The molecule has 30 heavy (non-hydrogen) atoms. The summed E-state index contributed by atoms with van der Waals surface area (Å²) in [6.07, 6.45) is -3.18. The van der Waals surface area contributed by atoms with Gasteiger partial charge in [-0.05, 0) is 42.8 Å². The van der Waals surface area contributed by atoms with Crippen molar-refractivity contribution in [1.82, 2.24) is 9.36 Å². The van der Waals surface area contributed by atoms with Gasteiger partial charge in [0.05, 0.1) is 29.4 Å². The van der Waals surface area contributed by atoms with Crippen LogP contribution in [0.5, 0.6) is 0 Å². The maximum Gasteiger partial charge on any atom is 0.416 e. The zero-order chi connectivity index (χ0) is 22.1. The Balaban J connectivity index is 2.09. The fraction of sp³-hybridized carbons (Fsp3) is 0.200. The highest BCUT2D eigenvalue weighted by Gasteiger charge is 2.30. The standard InChI is InChI=1S/C20H15Cl2F3N2O3/c1-2-30-19(29)15-11-26(10-12-3-5-13(6-4-12)20(23,24)25)27(18(15)28)17-8-7-14(21)9-16(17)22/h3-9,11H,2,10H2,1H3. The lowest BCUT2D eigenvalue weighted by atomic mass is 10.1. The van der Waals surface area contributed by atoms with Gasteiger partial charge in [0.1, 0.15) is 5.56 Å². The lowest BCUT2D eigenvalue weighted by Gasteiger charge is -2.14. The molecule has 0 saturated carbocycles. The summed E-state index contributed by atoms with van der Waals surface area (Å²) in [7, 11) is 0. The summed E-state index contributed by atoms with van der Waals surface area (Å²) in [5.41, 5.74) is -0.954. The van der Waals surface area contributed by atoms with Crippen LogP contribution in [0.15, 0.2) is 53.5 Å². The SMILES string of the molecule is CCOC(=O)c1cn(Cc2ccc(C(F)(F)F)cc2)n(-c2ccc(Cl)cc2Cl)c1=O. The van der Waals surface area contributed by atoms with Crippen molar-refractivity contribution in [1.29, 1.82) is 0 Å². The molecule has 10 heteroatoms. The molecular weight excluding hydrogens is 444 g/mol. The number of ether oxygens (including phenoxy) is 1. The van der Waals surface area contributed by atoms with Crippen LogP contribution in [0.3, 0.4) is 0 Å². The average Bonchev–Trinajstić information content (AvgIpc) is 2.98. The maximum absolute atomic E-state index is 12.9. The van der Waals surface area contributed by atoms with E-state index in [0.717, 1.165) is 16.8 Å². The third-order valence-electron chi connectivity index (χ3n) is 4.22. The zero-order valence-electron chi connectivity index (χ0n) is 15.5. The summed E-state index contributed by atoms with van der Waals surface area (Å²) in [5.74, 6) is -0.812. The topological polar surface area (TPSA) is 53.2 Å². The van der Waals surface area contributed by atoms with Gasteiger partial charge in [-0.15, -0.1) is 0 Å². The average molecular weight is 459 g/mol. The van der Waals surface area contributed by atoms with E-state index in [-0.39, 0.29) is 29.4 Å². The van der Waals surface area contributed by atoms with Crippen molar-refractivity contribution in [2.45, 2.75) is 19.6 Å². The van der Waals surface area contributed by atoms with Crippen LogP contribution in [0, 0.1) is 0 Å². The van der Waals surface area contributed by atoms with E-state index >= 15 is 0 Å². The van der Waals surface area contributed by atoms with Gasteiger partial charge in [0.2, 0.25) is 0 Å². The molecule has 1 aromatic heterocycles. The fourth-order valence-corrected chi connectivity index (χ4v) is 3.33. The molecule has 0 aliphatic carbocycles. The minimum atomic E-state index is -4.46. The Kier molecular flexibility index (Phi) is 6.28. The van der Waals surface area contributed by atoms with E-state index in [1.54, 1.807) is 6.92 Å². The van der Waals surface area contributed by atoms with Gasteiger partial charge in [-0.25, -0.2) is 9.48 Å². The number of hydrogen-bond acceptors (Lipinski definition) is 3. The summed E-state index contributed by atoms with van der Waals surface area (Å²) in [5, 5.41) is 0.509. The Hall–Kier alpha value is -2.71. The van der Waals surface area contributed by atoms with E-state index < -0.39 is 23.3 Å². The molecule has 3 rings (SSSR count). The molecule has 5 nitrogen and oxygen atoms in total. The normalized spacial score (nSPS) is 11.5. The Labute approximate surface area is 179 Å². The Morgan fingerprint density at radius 3 is 2.33 bits per heavy atom. The quantitative estimate of drug-likeness (QED) is 0.494. The summed E-state index contributed by atoms with van der Waals surface area (Å²) in [6.45, 7) is 1.68. The van der Waals surface area contributed by atoms with Gasteiger partial charge in [0, 0.05) is 11.2 Å². The maximum atomic E-state index is 12.9. The van der Waals surface area contributed by atoms with E-state index in [1.807, 2.05) is 0 Å². The number of rotatable bonds is 5. The smallest absolute Gasteiger partial charge is 0.416 e. The summed E-state index contributed by atoms with van der Waals surface area (Å²) >= 11 is 12.2. The van der Waals surface area contributed by atoms with Crippen molar-refractivity contribution >= 4 is 29.2 Å². The van der Waals surface area contributed by atoms with Crippen molar-refractivity contribution in [3.63, 3.8) is 0 Å². The van der Waals surface area contributed by atoms with Crippen molar-refractivity contribution in [3.05, 3.63) is 85.8 Å². The molecule has 0 bridgehead atoms. The van der Waals surface area contributed by atoms with Crippen LogP contribution in [0.25, 0.3) is 5.69 Å². The molecule has 0 aliphatic rings. The summed E-state index contributed by atoms with van der Waals surface area (Å²) < 4.78 is 45.9. The zero-order valence-corrected chi connectivity index (χ0v) is 17.1. The molecule has 0 saturated heterocycles. The Morgan fingerprint density at radius 1 is 1.10 bits per heavy atom. The van der Waals surface area contributed by atoms with Crippen molar-refractivity contribution in [2.24, 2.45) is 0 Å².